The van der Waals surface area contributed by atoms with Gasteiger partial charge in [0.05, 0.1) is 24.5 Å². The molecule has 0 N–H and O–H groups in total. The van der Waals surface area contributed by atoms with Crippen molar-refractivity contribution in [1.82, 2.24) is 29.0 Å². The Labute approximate surface area is 190 Å². The second-order valence-electron chi connectivity index (χ2n) is 8.04. The molecule has 1 aliphatic rings. The fourth-order valence-electron chi connectivity index (χ4n) is 4.34. The normalized spacial score (nSPS) is 14.0. The van der Waals surface area contributed by atoms with E-state index in [9.17, 15) is 0 Å². The molecule has 0 saturated carbocycles. The molecule has 7 heteroatoms. The number of halogens is 1. The standard InChI is InChI=1S/C25H21ClN6/c26-21-9-6-19(7-10-21)25-22(15-30-12-13-32-24(16-30)27-17-28-32)31-14-20(8-11-23(31)29-25)18-4-2-1-3-5-18/h1-11,14,17H,12-13,15-16H2. The molecule has 6 nitrogen and oxygen atoms in total. The van der Waals surface area contributed by atoms with Crippen LogP contribution in [-0.4, -0.2) is 35.6 Å². The molecule has 0 bridgehead atoms. The summed E-state index contributed by atoms with van der Waals surface area (Å²) >= 11 is 6.15. The van der Waals surface area contributed by atoms with E-state index in [4.69, 9.17) is 16.6 Å². The minimum Gasteiger partial charge on any atom is -0.301 e. The summed E-state index contributed by atoms with van der Waals surface area (Å²) in [5, 5.41) is 5.03. The number of pyridine rings is 1. The summed E-state index contributed by atoms with van der Waals surface area (Å²) in [7, 11) is 0. The second kappa shape index (κ2) is 7.89. The molecule has 0 aliphatic carbocycles. The van der Waals surface area contributed by atoms with E-state index < -0.39 is 0 Å². The molecule has 0 saturated heterocycles. The summed E-state index contributed by atoms with van der Waals surface area (Å²) < 4.78 is 4.21. The Balaban J connectivity index is 1.46. The molecule has 0 unspecified atom stereocenters. The van der Waals surface area contributed by atoms with Crippen LogP contribution in [0.15, 0.2) is 79.3 Å². The van der Waals surface area contributed by atoms with Gasteiger partial charge in [-0.05, 0) is 35.4 Å². The zero-order valence-electron chi connectivity index (χ0n) is 17.4. The molecule has 5 aromatic rings. The number of benzene rings is 2. The van der Waals surface area contributed by atoms with Crippen LogP contribution in [0.2, 0.25) is 5.02 Å². The molecule has 3 aromatic heterocycles. The maximum Gasteiger partial charge on any atom is 0.141 e. The topological polar surface area (TPSA) is 51.2 Å². The van der Waals surface area contributed by atoms with E-state index in [0.29, 0.717) is 0 Å². The third-order valence-electron chi connectivity index (χ3n) is 6.00. The van der Waals surface area contributed by atoms with Gasteiger partial charge in [0, 0.05) is 29.9 Å². The van der Waals surface area contributed by atoms with E-state index in [1.807, 2.05) is 35.0 Å². The van der Waals surface area contributed by atoms with Crippen molar-refractivity contribution in [2.24, 2.45) is 0 Å². The Morgan fingerprint density at radius 1 is 0.844 bits per heavy atom. The van der Waals surface area contributed by atoms with Crippen molar-refractivity contribution in [2.75, 3.05) is 6.54 Å². The first-order valence-electron chi connectivity index (χ1n) is 10.7. The van der Waals surface area contributed by atoms with Crippen molar-refractivity contribution in [3.8, 4) is 22.4 Å². The Morgan fingerprint density at radius 3 is 2.50 bits per heavy atom. The highest BCUT2D eigenvalue weighted by molar-refractivity contribution is 6.30. The SMILES string of the molecule is Clc1ccc(-c2nc3ccc(-c4ccccc4)cn3c2CN2CCn3ncnc3C2)cc1. The van der Waals surface area contributed by atoms with E-state index in [-0.39, 0.29) is 0 Å². The number of hydrogen-bond acceptors (Lipinski definition) is 4. The molecule has 0 spiro atoms. The number of aromatic nitrogens is 5. The van der Waals surface area contributed by atoms with Gasteiger partial charge in [0.25, 0.3) is 0 Å². The van der Waals surface area contributed by atoms with Gasteiger partial charge in [0.15, 0.2) is 0 Å². The number of rotatable bonds is 4. The summed E-state index contributed by atoms with van der Waals surface area (Å²) in [5.41, 5.74) is 6.50. The summed E-state index contributed by atoms with van der Waals surface area (Å²) in [5.74, 6) is 1.00. The van der Waals surface area contributed by atoms with Crippen LogP contribution in [0.4, 0.5) is 0 Å². The molecule has 0 fully saturated rings. The van der Waals surface area contributed by atoms with E-state index in [2.05, 4.69) is 62.0 Å². The van der Waals surface area contributed by atoms with Crippen molar-refractivity contribution in [2.45, 2.75) is 19.6 Å². The summed E-state index contributed by atoms with van der Waals surface area (Å²) in [6, 6.07) is 22.6. The van der Waals surface area contributed by atoms with Gasteiger partial charge in [0.2, 0.25) is 0 Å². The predicted molar refractivity (Wildman–Crippen MR) is 125 cm³/mol. The lowest BCUT2D eigenvalue weighted by molar-refractivity contribution is 0.199. The molecule has 0 atom stereocenters. The number of hydrogen-bond donors (Lipinski definition) is 0. The molecule has 32 heavy (non-hydrogen) atoms. The van der Waals surface area contributed by atoms with Gasteiger partial charge in [-0.1, -0.05) is 54.1 Å². The highest BCUT2D eigenvalue weighted by atomic mass is 35.5. The van der Waals surface area contributed by atoms with Gasteiger partial charge in [-0.25, -0.2) is 14.6 Å². The van der Waals surface area contributed by atoms with E-state index >= 15 is 0 Å². The van der Waals surface area contributed by atoms with Crippen LogP contribution in [0.5, 0.6) is 0 Å². The maximum absolute atomic E-state index is 6.15. The van der Waals surface area contributed by atoms with Crippen molar-refractivity contribution in [1.29, 1.82) is 0 Å². The van der Waals surface area contributed by atoms with Gasteiger partial charge < -0.3 is 4.40 Å². The van der Waals surface area contributed by atoms with Crippen LogP contribution in [0, 0.1) is 0 Å². The van der Waals surface area contributed by atoms with E-state index in [1.165, 1.54) is 5.56 Å². The largest absolute Gasteiger partial charge is 0.301 e. The zero-order chi connectivity index (χ0) is 21.5. The Morgan fingerprint density at radius 2 is 1.66 bits per heavy atom. The van der Waals surface area contributed by atoms with E-state index in [1.54, 1.807) is 6.33 Å². The summed E-state index contributed by atoms with van der Waals surface area (Å²) in [6.45, 7) is 3.30. The minimum atomic E-state index is 0.723. The van der Waals surface area contributed by atoms with Gasteiger partial charge in [-0.3, -0.25) is 4.90 Å². The molecule has 1 aliphatic heterocycles. The Bertz CT molecular complexity index is 1390. The molecular weight excluding hydrogens is 420 g/mol. The maximum atomic E-state index is 6.15. The average molecular weight is 441 g/mol. The van der Waals surface area contributed by atoms with Crippen LogP contribution >= 0.6 is 11.6 Å². The highest BCUT2D eigenvalue weighted by Crippen LogP contribution is 2.29. The van der Waals surface area contributed by atoms with Gasteiger partial charge in [0.1, 0.15) is 17.8 Å². The fraction of sp³-hybridized carbons (Fsp3) is 0.160. The second-order valence-corrected chi connectivity index (χ2v) is 8.47. The average Bonchev–Trinajstić information content (AvgIpc) is 3.44. The lowest BCUT2D eigenvalue weighted by atomic mass is 10.1. The van der Waals surface area contributed by atoms with Gasteiger partial charge >= 0.3 is 0 Å². The van der Waals surface area contributed by atoms with Crippen LogP contribution < -0.4 is 0 Å². The molecule has 158 valence electrons. The molecule has 0 amide bonds. The summed E-state index contributed by atoms with van der Waals surface area (Å²) in [4.78, 5) is 11.8. The van der Waals surface area contributed by atoms with Crippen molar-refractivity contribution in [3.05, 3.63) is 95.8 Å². The van der Waals surface area contributed by atoms with Crippen LogP contribution in [0.3, 0.4) is 0 Å². The van der Waals surface area contributed by atoms with Gasteiger partial charge in [-0.2, -0.15) is 5.10 Å². The lowest BCUT2D eigenvalue weighted by Gasteiger charge is -2.26. The third-order valence-corrected chi connectivity index (χ3v) is 6.26. The number of nitrogens with zero attached hydrogens (tertiary/aromatic N) is 6. The molecular formula is C25H21ClN6. The molecule has 0 radical (unpaired) electrons. The first kappa shape index (κ1) is 19.2. The number of imidazole rings is 1. The van der Waals surface area contributed by atoms with Crippen molar-refractivity contribution >= 4 is 17.2 Å². The molecule has 2 aromatic carbocycles. The zero-order valence-corrected chi connectivity index (χ0v) is 18.2. The number of fused-ring (bicyclic) bond motifs is 2. The molecule has 6 rings (SSSR count). The fourth-order valence-corrected chi connectivity index (χ4v) is 4.47. The van der Waals surface area contributed by atoms with Crippen LogP contribution in [0.1, 0.15) is 11.5 Å². The smallest absolute Gasteiger partial charge is 0.141 e. The van der Waals surface area contributed by atoms with E-state index in [0.717, 1.165) is 65.2 Å². The van der Waals surface area contributed by atoms with Crippen molar-refractivity contribution < 1.29 is 0 Å². The lowest BCUT2D eigenvalue weighted by Crippen LogP contribution is -2.34. The first-order chi connectivity index (χ1) is 15.7. The minimum absolute atomic E-state index is 0.723. The predicted octanol–water partition coefficient (Wildman–Crippen LogP) is 4.93. The highest BCUT2D eigenvalue weighted by Gasteiger charge is 2.22. The monoisotopic (exact) mass is 440 g/mol. The van der Waals surface area contributed by atoms with Crippen molar-refractivity contribution in [3.63, 3.8) is 0 Å². The molecule has 4 heterocycles. The van der Waals surface area contributed by atoms with Crippen LogP contribution in [-0.2, 0) is 19.6 Å². The van der Waals surface area contributed by atoms with Gasteiger partial charge in [-0.15, -0.1) is 0 Å². The Hall–Kier alpha value is -3.48. The quantitative estimate of drug-likeness (QED) is 0.397. The third kappa shape index (κ3) is 3.47. The van der Waals surface area contributed by atoms with Crippen LogP contribution in [0.25, 0.3) is 28.0 Å². The summed E-state index contributed by atoms with van der Waals surface area (Å²) in [6.07, 6.45) is 3.83. The first-order valence-corrected chi connectivity index (χ1v) is 11.0. The Kier molecular flexibility index (Phi) is 4.74.